The van der Waals surface area contributed by atoms with Gasteiger partial charge in [-0.2, -0.15) is 0 Å². The molecule has 2 unspecified atom stereocenters. The standard InChI is InChI=1S/C14H24N2OS/c1-9-10(2)17-13(16-9)18-11-7-6-8-14(3,4)12(11)15-5/h11-12,15H,6-8H2,1-5H3. The van der Waals surface area contributed by atoms with Crippen LogP contribution in [-0.4, -0.2) is 23.3 Å². The molecule has 2 rings (SSSR count). The van der Waals surface area contributed by atoms with Gasteiger partial charge in [-0.05, 0) is 39.2 Å². The lowest BCUT2D eigenvalue weighted by Gasteiger charge is -2.43. The van der Waals surface area contributed by atoms with Crippen molar-refractivity contribution in [3.8, 4) is 0 Å². The quantitative estimate of drug-likeness (QED) is 0.910. The summed E-state index contributed by atoms with van der Waals surface area (Å²) in [6.45, 7) is 8.69. The summed E-state index contributed by atoms with van der Waals surface area (Å²) in [4.78, 5) is 4.49. The van der Waals surface area contributed by atoms with E-state index < -0.39 is 0 Å². The van der Waals surface area contributed by atoms with E-state index >= 15 is 0 Å². The number of hydrogen-bond donors (Lipinski definition) is 1. The van der Waals surface area contributed by atoms with Gasteiger partial charge < -0.3 is 9.73 Å². The van der Waals surface area contributed by atoms with Crippen molar-refractivity contribution in [2.45, 2.75) is 63.5 Å². The van der Waals surface area contributed by atoms with Gasteiger partial charge in [0.1, 0.15) is 5.76 Å². The first-order valence-electron chi connectivity index (χ1n) is 6.72. The van der Waals surface area contributed by atoms with Crippen LogP contribution in [-0.2, 0) is 0 Å². The Morgan fingerprint density at radius 1 is 1.39 bits per heavy atom. The van der Waals surface area contributed by atoms with Crippen LogP contribution < -0.4 is 5.32 Å². The summed E-state index contributed by atoms with van der Waals surface area (Å²) >= 11 is 1.79. The summed E-state index contributed by atoms with van der Waals surface area (Å²) in [5, 5.41) is 4.87. The molecule has 0 aliphatic heterocycles. The second kappa shape index (κ2) is 5.25. The van der Waals surface area contributed by atoms with Crippen molar-refractivity contribution < 1.29 is 4.42 Å². The van der Waals surface area contributed by atoms with Crippen molar-refractivity contribution >= 4 is 11.8 Å². The molecule has 0 aromatic carbocycles. The number of oxazole rings is 1. The highest BCUT2D eigenvalue weighted by Crippen LogP contribution is 2.42. The van der Waals surface area contributed by atoms with Crippen LogP contribution in [0, 0.1) is 19.3 Å². The van der Waals surface area contributed by atoms with Crippen LogP contribution in [0.3, 0.4) is 0 Å². The summed E-state index contributed by atoms with van der Waals surface area (Å²) in [6.07, 6.45) is 3.82. The molecule has 0 saturated heterocycles. The molecule has 1 aromatic heterocycles. The number of aromatic nitrogens is 1. The molecule has 4 heteroatoms. The maximum atomic E-state index is 5.70. The monoisotopic (exact) mass is 268 g/mol. The molecule has 0 amide bonds. The fourth-order valence-electron chi connectivity index (χ4n) is 2.91. The number of hydrogen-bond acceptors (Lipinski definition) is 4. The predicted octanol–water partition coefficient (Wildman–Crippen LogP) is 3.55. The molecule has 0 bridgehead atoms. The molecule has 1 aliphatic carbocycles. The van der Waals surface area contributed by atoms with Crippen LogP contribution in [0.5, 0.6) is 0 Å². The van der Waals surface area contributed by atoms with Gasteiger partial charge >= 0.3 is 0 Å². The fourth-order valence-corrected chi connectivity index (χ4v) is 4.46. The zero-order valence-corrected chi connectivity index (χ0v) is 12.9. The first-order chi connectivity index (χ1) is 8.44. The summed E-state index contributed by atoms with van der Waals surface area (Å²) in [5.41, 5.74) is 1.36. The van der Waals surface area contributed by atoms with Crippen molar-refractivity contribution in [1.29, 1.82) is 0 Å². The second-order valence-corrected chi connectivity index (χ2v) is 7.12. The summed E-state index contributed by atoms with van der Waals surface area (Å²) < 4.78 is 5.70. The number of rotatable bonds is 3. The van der Waals surface area contributed by atoms with Crippen LogP contribution >= 0.6 is 11.8 Å². The molecule has 1 aromatic rings. The molecule has 0 radical (unpaired) electrons. The van der Waals surface area contributed by atoms with Crippen molar-refractivity contribution in [3.05, 3.63) is 11.5 Å². The van der Waals surface area contributed by atoms with Gasteiger partial charge in [-0.1, -0.05) is 32.0 Å². The fraction of sp³-hybridized carbons (Fsp3) is 0.786. The molecule has 1 N–H and O–H groups in total. The van der Waals surface area contributed by atoms with E-state index in [9.17, 15) is 0 Å². The third kappa shape index (κ3) is 2.75. The zero-order valence-electron chi connectivity index (χ0n) is 12.0. The maximum absolute atomic E-state index is 5.70. The van der Waals surface area contributed by atoms with E-state index in [1.54, 1.807) is 11.8 Å². The smallest absolute Gasteiger partial charge is 0.256 e. The third-order valence-corrected chi connectivity index (χ3v) is 5.28. The Morgan fingerprint density at radius 2 is 2.11 bits per heavy atom. The SMILES string of the molecule is CNC1C(Sc2nc(C)c(C)o2)CCCC1(C)C. The number of aryl methyl sites for hydroxylation is 2. The minimum absolute atomic E-state index is 0.349. The molecule has 1 aliphatic rings. The van der Waals surface area contributed by atoms with Crippen molar-refractivity contribution in [3.63, 3.8) is 0 Å². The van der Waals surface area contributed by atoms with Gasteiger partial charge in [0.25, 0.3) is 5.22 Å². The Balaban J connectivity index is 2.12. The van der Waals surface area contributed by atoms with Crippen LogP contribution in [0.15, 0.2) is 9.64 Å². The molecular formula is C14H24N2OS. The van der Waals surface area contributed by atoms with Crippen molar-refractivity contribution in [2.24, 2.45) is 5.41 Å². The van der Waals surface area contributed by atoms with Crippen LogP contribution in [0.25, 0.3) is 0 Å². The molecule has 1 fully saturated rings. The first-order valence-corrected chi connectivity index (χ1v) is 7.60. The normalized spacial score (nSPS) is 27.4. The average Bonchev–Trinajstić information content (AvgIpc) is 2.57. The van der Waals surface area contributed by atoms with Gasteiger partial charge in [0, 0.05) is 11.3 Å². The lowest BCUT2D eigenvalue weighted by Crippen LogP contribution is -2.49. The Hall–Kier alpha value is -0.480. The van der Waals surface area contributed by atoms with Crippen molar-refractivity contribution in [1.82, 2.24) is 10.3 Å². The number of nitrogens with one attached hydrogen (secondary N) is 1. The van der Waals surface area contributed by atoms with Gasteiger partial charge in [0.05, 0.1) is 5.69 Å². The van der Waals surface area contributed by atoms with E-state index in [1.807, 2.05) is 13.8 Å². The Morgan fingerprint density at radius 3 is 2.67 bits per heavy atom. The van der Waals surface area contributed by atoms with E-state index in [2.05, 4.69) is 31.2 Å². The Bertz CT molecular complexity index is 394. The number of thioether (sulfide) groups is 1. The minimum atomic E-state index is 0.349. The largest absolute Gasteiger partial charge is 0.437 e. The molecule has 1 saturated carbocycles. The summed E-state index contributed by atoms with van der Waals surface area (Å²) in [6, 6.07) is 0.517. The van der Waals surface area contributed by atoms with E-state index in [4.69, 9.17) is 4.42 Å². The molecule has 18 heavy (non-hydrogen) atoms. The summed E-state index contributed by atoms with van der Waals surface area (Å²) in [7, 11) is 2.07. The van der Waals surface area contributed by atoms with Crippen LogP contribution in [0.4, 0.5) is 0 Å². The molecular weight excluding hydrogens is 244 g/mol. The van der Waals surface area contributed by atoms with E-state index in [0.717, 1.165) is 16.7 Å². The van der Waals surface area contributed by atoms with Gasteiger partial charge in [0.2, 0.25) is 0 Å². The van der Waals surface area contributed by atoms with E-state index in [-0.39, 0.29) is 0 Å². The molecule has 1 heterocycles. The predicted molar refractivity (Wildman–Crippen MR) is 76.1 cm³/mol. The van der Waals surface area contributed by atoms with Crippen molar-refractivity contribution in [2.75, 3.05) is 7.05 Å². The maximum Gasteiger partial charge on any atom is 0.256 e. The van der Waals surface area contributed by atoms with Crippen LogP contribution in [0.2, 0.25) is 0 Å². The zero-order chi connectivity index (χ0) is 13.3. The average molecular weight is 268 g/mol. The Labute approximate surface area is 114 Å². The van der Waals surface area contributed by atoms with Crippen LogP contribution in [0.1, 0.15) is 44.6 Å². The number of nitrogens with zero attached hydrogens (tertiary/aromatic N) is 1. The van der Waals surface area contributed by atoms with E-state index in [0.29, 0.717) is 16.7 Å². The highest BCUT2D eigenvalue weighted by molar-refractivity contribution is 7.99. The third-order valence-electron chi connectivity index (χ3n) is 4.10. The molecule has 102 valence electrons. The lowest BCUT2D eigenvalue weighted by molar-refractivity contribution is 0.182. The van der Waals surface area contributed by atoms with Gasteiger partial charge in [0.15, 0.2) is 0 Å². The first kappa shape index (κ1) is 13.9. The van der Waals surface area contributed by atoms with E-state index in [1.165, 1.54) is 19.3 Å². The lowest BCUT2D eigenvalue weighted by atomic mass is 9.73. The van der Waals surface area contributed by atoms with Gasteiger partial charge in [-0.3, -0.25) is 0 Å². The second-order valence-electron chi connectivity index (χ2n) is 5.92. The van der Waals surface area contributed by atoms with Gasteiger partial charge in [-0.25, -0.2) is 4.98 Å². The summed E-state index contributed by atoms with van der Waals surface area (Å²) in [5.74, 6) is 0.938. The molecule has 3 nitrogen and oxygen atoms in total. The topological polar surface area (TPSA) is 38.1 Å². The van der Waals surface area contributed by atoms with Gasteiger partial charge in [-0.15, -0.1) is 0 Å². The molecule has 0 spiro atoms. The minimum Gasteiger partial charge on any atom is -0.437 e. The highest BCUT2D eigenvalue weighted by Gasteiger charge is 2.39. The highest BCUT2D eigenvalue weighted by atomic mass is 32.2. The Kier molecular flexibility index (Phi) is 4.07. The molecule has 2 atom stereocenters.